The minimum Gasteiger partial charge on any atom is -0.467 e. The molecule has 0 heterocycles. The molecule has 2 atom stereocenters. The first-order valence-corrected chi connectivity index (χ1v) is 7.94. The van der Waals surface area contributed by atoms with E-state index in [-0.39, 0.29) is 12.4 Å². The summed E-state index contributed by atoms with van der Waals surface area (Å²) in [7, 11) is 1.13. The van der Waals surface area contributed by atoms with E-state index in [4.69, 9.17) is 9.84 Å². The molecule has 0 saturated heterocycles. The summed E-state index contributed by atoms with van der Waals surface area (Å²) >= 11 is 1.29. The molecule has 0 radical (unpaired) electrons. The van der Waals surface area contributed by atoms with Gasteiger partial charge in [0, 0.05) is 25.4 Å². The van der Waals surface area contributed by atoms with Gasteiger partial charge in [-0.25, -0.2) is 4.79 Å². The fraction of sp³-hybridized carbons (Fsp3) is 0.692. The Balaban J connectivity index is 4.50. The lowest BCUT2D eigenvalue weighted by molar-refractivity contribution is -0.146. The van der Waals surface area contributed by atoms with E-state index in [2.05, 4.69) is 15.4 Å². The molecular formula is C13H22N2O7S. The largest absolute Gasteiger partial charge is 0.467 e. The molecule has 0 aliphatic carbocycles. The summed E-state index contributed by atoms with van der Waals surface area (Å²) in [5, 5.41) is 13.8. The first-order chi connectivity index (χ1) is 10.8. The van der Waals surface area contributed by atoms with Crippen molar-refractivity contribution in [2.45, 2.75) is 25.9 Å². The van der Waals surface area contributed by atoms with Gasteiger partial charge in [0.05, 0.1) is 13.7 Å². The zero-order valence-corrected chi connectivity index (χ0v) is 14.1. The predicted molar refractivity (Wildman–Crippen MR) is 82.6 cm³/mol. The first kappa shape index (κ1) is 21.2. The van der Waals surface area contributed by atoms with E-state index in [1.807, 2.05) is 0 Å². The molecule has 0 bridgehead atoms. The van der Waals surface area contributed by atoms with Crippen LogP contribution in [0.3, 0.4) is 0 Å². The number of ether oxygens (including phenoxy) is 2. The van der Waals surface area contributed by atoms with Gasteiger partial charge in [-0.1, -0.05) is 0 Å². The van der Waals surface area contributed by atoms with Crippen molar-refractivity contribution < 1.29 is 33.8 Å². The third-order valence-corrected chi connectivity index (χ3v) is 3.52. The van der Waals surface area contributed by atoms with E-state index in [0.29, 0.717) is 5.75 Å². The van der Waals surface area contributed by atoms with Crippen LogP contribution in [0, 0.1) is 0 Å². The molecule has 3 N–H and O–H groups in total. The third-order valence-electron chi connectivity index (χ3n) is 2.50. The van der Waals surface area contributed by atoms with Crippen molar-refractivity contribution in [3.8, 4) is 0 Å². The van der Waals surface area contributed by atoms with Crippen LogP contribution in [0.25, 0.3) is 0 Å². The van der Waals surface area contributed by atoms with Gasteiger partial charge in [-0.15, -0.1) is 0 Å². The fourth-order valence-corrected chi connectivity index (χ4v) is 2.31. The number of nitrogens with one attached hydrogen (secondary N) is 2. The zero-order chi connectivity index (χ0) is 17.8. The molecule has 0 rings (SSSR count). The maximum atomic E-state index is 12.1. The van der Waals surface area contributed by atoms with Gasteiger partial charge in [-0.3, -0.25) is 14.4 Å². The topological polar surface area (TPSA) is 131 Å². The highest BCUT2D eigenvalue weighted by Crippen LogP contribution is 2.04. The van der Waals surface area contributed by atoms with Crippen LogP contribution in [0.15, 0.2) is 0 Å². The van der Waals surface area contributed by atoms with Crippen molar-refractivity contribution in [2.24, 2.45) is 0 Å². The molecule has 2 amide bonds. The van der Waals surface area contributed by atoms with Crippen molar-refractivity contribution in [3.05, 3.63) is 0 Å². The molecule has 0 aliphatic rings. The van der Waals surface area contributed by atoms with Gasteiger partial charge >= 0.3 is 11.9 Å². The van der Waals surface area contributed by atoms with Gasteiger partial charge in [-0.05, 0) is 0 Å². The molecule has 0 saturated carbocycles. The number of methoxy groups -OCH3 is 1. The Morgan fingerprint density at radius 3 is 2.26 bits per heavy atom. The summed E-state index contributed by atoms with van der Waals surface area (Å²) in [6, 6.07) is -2.09. The van der Waals surface area contributed by atoms with Gasteiger partial charge in [0.1, 0.15) is 12.6 Å². The Morgan fingerprint density at radius 2 is 1.78 bits per heavy atom. The first-order valence-electron chi connectivity index (χ1n) is 6.79. The van der Waals surface area contributed by atoms with Crippen LogP contribution in [0.1, 0.15) is 13.8 Å². The summed E-state index contributed by atoms with van der Waals surface area (Å²) in [4.78, 5) is 45.2. The van der Waals surface area contributed by atoms with Gasteiger partial charge in [0.15, 0.2) is 6.04 Å². The quantitative estimate of drug-likeness (QED) is 0.318. The summed E-state index contributed by atoms with van der Waals surface area (Å²) in [6.45, 7) is 2.12. The minimum atomic E-state index is -1.20. The number of thioether (sulfide) groups is 1. The Kier molecular flexibility index (Phi) is 10.8. The van der Waals surface area contributed by atoms with Crippen LogP contribution in [0.5, 0.6) is 0 Å². The number of esters is 2. The minimum absolute atomic E-state index is 0.190. The Bertz CT molecular complexity index is 431. The van der Waals surface area contributed by atoms with Crippen LogP contribution < -0.4 is 10.6 Å². The molecule has 0 aromatic rings. The monoisotopic (exact) mass is 350 g/mol. The van der Waals surface area contributed by atoms with Gasteiger partial charge in [0.2, 0.25) is 11.8 Å². The van der Waals surface area contributed by atoms with Crippen molar-refractivity contribution in [1.29, 1.82) is 0 Å². The van der Waals surface area contributed by atoms with Crippen LogP contribution in [-0.2, 0) is 28.7 Å². The third kappa shape index (κ3) is 9.74. The molecular weight excluding hydrogens is 328 g/mol. The van der Waals surface area contributed by atoms with E-state index in [1.54, 1.807) is 0 Å². The SMILES string of the molecule is COC(=O)[C@H](CO)NC(=O)[C@H](CSCCOC(C)=O)NC(C)=O. The van der Waals surface area contributed by atoms with Crippen molar-refractivity contribution in [3.63, 3.8) is 0 Å². The zero-order valence-electron chi connectivity index (χ0n) is 13.3. The van der Waals surface area contributed by atoms with E-state index >= 15 is 0 Å². The predicted octanol–water partition coefficient (Wildman–Crippen LogP) is -1.56. The molecule has 9 nitrogen and oxygen atoms in total. The van der Waals surface area contributed by atoms with E-state index in [9.17, 15) is 19.2 Å². The number of aliphatic hydroxyl groups excluding tert-OH is 1. The van der Waals surface area contributed by atoms with E-state index < -0.39 is 42.4 Å². The number of hydrogen-bond acceptors (Lipinski definition) is 8. The molecule has 0 aliphatic heterocycles. The smallest absolute Gasteiger partial charge is 0.330 e. The summed E-state index contributed by atoms with van der Waals surface area (Å²) in [6.07, 6.45) is 0. The molecule has 0 aromatic carbocycles. The van der Waals surface area contributed by atoms with Crippen LogP contribution >= 0.6 is 11.8 Å². The van der Waals surface area contributed by atoms with E-state index in [1.165, 1.54) is 25.6 Å². The molecule has 0 aromatic heterocycles. The second-order valence-corrected chi connectivity index (χ2v) is 5.58. The lowest BCUT2D eigenvalue weighted by atomic mass is 10.2. The number of amides is 2. The molecule has 0 unspecified atom stereocenters. The van der Waals surface area contributed by atoms with Crippen LogP contribution in [0.2, 0.25) is 0 Å². The molecule has 0 spiro atoms. The summed E-state index contributed by atoms with van der Waals surface area (Å²) in [5.74, 6) is -1.56. The van der Waals surface area contributed by atoms with Gasteiger partial charge in [-0.2, -0.15) is 11.8 Å². The molecule has 0 fully saturated rings. The van der Waals surface area contributed by atoms with Crippen molar-refractivity contribution >= 4 is 35.5 Å². The summed E-state index contributed by atoms with van der Waals surface area (Å²) < 4.78 is 9.20. The van der Waals surface area contributed by atoms with Gasteiger partial charge in [0.25, 0.3) is 0 Å². The molecule has 23 heavy (non-hydrogen) atoms. The fourth-order valence-electron chi connectivity index (χ4n) is 1.47. The normalized spacial score (nSPS) is 12.7. The lowest BCUT2D eigenvalue weighted by Gasteiger charge is -2.20. The van der Waals surface area contributed by atoms with Crippen molar-refractivity contribution in [2.75, 3.05) is 31.8 Å². The Labute approximate surface area is 138 Å². The highest BCUT2D eigenvalue weighted by Gasteiger charge is 2.26. The molecule has 10 heteroatoms. The highest BCUT2D eigenvalue weighted by atomic mass is 32.2. The van der Waals surface area contributed by atoms with Crippen molar-refractivity contribution in [1.82, 2.24) is 10.6 Å². The average Bonchev–Trinajstić information content (AvgIpc) is 2.49. The Hall–Kier alpha value is -1.81. The number of rotatable bonds is 10. The maximum Gasteiger partial charge on any atom is 0.330 e. The number of aliphatic hydroxyl groups is 1. The van der Waals surface area contributed by atoms with E-state index in [0.717, 1.165) is 7.11 Å². The van der Waals surface area contributed by atoms with Gasteiger partial charge < -0.3 is 25.2 Å². The van der Waals surface area contributed by atoms with Crippen LogP contribution in [-0.4, -0.2) is 72.8 Å². The molecule has 132 valence electrons. The van der Waals surface area contributed by atoms with Crippen LogP contribution in [0.4, 0.5) is 0 Å². The lowest BCUT2D eigenvalue weighted by Crippen LogP contribution is -2.53. The highest BCUT2D eigenvalue weighted by molar-refractivity contribution is 7.99. The standard InChI is InChI=1S/C13H22N2O7S/c1-8(17)14-11(7-23-5-4-22-9(2)18)12(19)15-10(6-16)13(20)21-3/h10-11,16H,4-7H2,1-3H3,(H,14,17)(H,15,19)/t10-,11-/m0/s1. The average molecular weight is 350 g/mol. The number of carbonyl (C=O) groups excluding carboxylic acids is 4. The maximum absolute atomic E-state index is 12.1. The summed E-state index contributed by atoms with van der Waals surface area (Å²) in [5.41, 5.74) is 0. The second kappa shape index (κ2) is 11.7. The number of carbonyl (C=O) groups is 4. The second-order valence-electron chi connectivity index (χ2n) is 4.43. The number of hydrogen-bond donors (Lipinski definition) is 3. The Morgan fingerprint density at radius 1 is 1.13 bits per heavy atom.